The first-order chi connectivity index (χ1) is 19.0. The summed E-state index contributed by atoms with van der Waals surface area (Å²) in [6.07, 6.45) is 20.2. The van der Waals surface area contributed by atoms with E-state index in [1.807, 2.05) is 0 Å². The average molecular weight is 593 g/mol. The van der Waals surface area contributed by atoms with Crippen LogP contribution >= 0.6 is 18.0 Å². The van der Waals surface area contributed by atoms with Crippen LogP contribution < -0.4 is 21.3 Å². The summed E-state index contributed by atoms with van der Waals surface area (Å²) in [7, 11) is 0. The summed E-state index contributed by atoms with van der Waals surface area (Å²) in [6.45, 7) is -0.957. The van der Waals surface area contributed by atoms with Crippen LogP contribution in [0.5, 0.6) is 0 Å². The number of hydrogen-bond acceptors (Lipinski definition) is 7. The Labute approximate surface area is 242 Å². The highest BCUT2D eigenvalue weighted by Crippen LogP contribution is 2.56. The highest BCUT2D eigenvalue weighted by atomic mass is 32.7. The third-order valence-electron chi connectivity index (χ3n) is 6.76. The molecule has 0 heterocycles. The summed E-state index contributed by atoms with van der Waals surface area (Å²) in [5.74, 6) is 5.56. The van der Waals surface area contributed by atoms with E-state index in [9.17, 15) is 23.7 Å². The van der Waals surface area contributed by atoms with E-state index < -0.39 is 12.1 Å². The minimum Gasteiger partial charge on any atom is -0.350 e. The van der Waals surface area contributed by atoms with E-state index in [2.05, 4.69) is 39.0 Å². The summed E-state index contributed by atoms with van der Waals surface area (Å²) in [5, 5.41) is 10.9. The number of nitrogens with one attached hydrogen (secondary N) is 4. The second-order valence-corrected chi connectivity index (χ2v) is 14.9. The molecule has 1 aliphatic carbocycles. The van der Waals surface area contributed by atoms with Crippen LogP contribution in [0.15, 0.2) is 0 Å². The Hall–Kier alpha value is -2.90. The first-order valence-electron chi connectivity index (χ1n) is 13.2. The minimum atomic E-state index is -2.73. The van der Waals surface area contributed by atoms with E-state index in [1.165, 1.54) is 11.4 Å². The standard InChI is InChI=1S/C28H41N4O6PS/c1-6-19-29-24(33)13-16-28(17-14-25(34)30-20-7-2,18-15-26(35)31-21-8-3)32-27(36)22-9-11-23(12-10-22)38-39(4,37)40-5/h1-3,22-23H,9-21H2,4-5H3,(H,29,33)(H,30,34)(H,31,35)(H,32,36). The zero-order chi connectivity index (χ0) is 30.0. The van der Waals surface area contributed by atoms with Gasteiger partial charge in [-0.25, -0.2) is 0 Å². The predicted molar refractivity (Wildman–Crippen MR) is 158 cm³/mol. The molecule has 0 spiro atoms. The zero-order valence-corrected chi connectivity index (χ0v) is 25.1. The van der Waals surface area contributed by atoms with Crippen LogP contribution in [0.1, 0.15) is 64.2 Å². The molecule has 1 unspecified atom stereocenters. The molecule has 1 atom stereocenters. The molecule has 1 rings (SSSR count). The van der Waals surface area contributed by atoms with E-state index in [-0.39, 0.29) is 93.8 Å². The summed E-state index contributed by atoms with van der Waals surface area (Å²) in [6, 6.07) is 0. The topological polar surface area (TPSA) is 143 Å². The first kappa shape index (κ1) is 35.1. The molecule has 4 N–H and O–H groups in total. The number of amides is 4. The number of terminal acetylenes is 3. The van der Waals surface area contributed by atoms with Gasteiger partial charge >= 0.3 is 0 Å². The van der Waals surface area contributed by atoms with Crippen LogP contribution in [0.2, 0.25) is 0 Å². The third kappa shape index (κ3) is 13.9. The second kappa shape index (κ2) is 18.4. The van der Waals surface area contributed by atoms with E-state index in [0.29, 0.717) is 25.7 Å². The van der Waals surface area contributed by atoms with Gasteiger partial charge in [0.2, 0.25) is 23.6 Å². The van der Waals surface area contributed by atoms with Crippen molar-refractivity contribution in [2.24, 2.45) is 5.92 Å². The van der Waals surface area contributed by atoms with Crippen LogP contribution in [0.3, 0.4) is 0 Å². The molecule has 0 saturated heterocycles. The fourth-order valence-corrected chi connectivity index (χ4v) is 5.90. The van der Waals surface area contributed by atoms with Crippen LogP contribution in [0.25, 0.3) is 0 Å². The van der Waals surface area contributed by atoms with Gasteiger partial charge in [0.25, 0.3) is 6.57 Å². The Kier molecular flexibility index (Phi) is 16.2. The number of carbonyl (C=O) groups is 4. The van der Waals surface area contributed by atoms with Gasteiger partial charge in [0.05, 0.1) is 25.7 Å². The highest BCUT2D eigenvalue weighted by Gasteiger charge is 2.37. The zero-order valence-electron chi connectivity index (χ0n) is 23.4. The van der Waals surface area contributed by atoms with E-state index in [4.69, 9.17) is 23.8 Å². The monoisotopic (exact) mass is 592 g/mol. The van der Waals surface area contributed by atoms with Crippen LogP contribution in [0.4, 0.5) is 0 Å². The average Bonchev–Trinajstić information content (AvgIpc) is 2.94. The molecule has 0 aromatic rings. The molecule has 0 aromatic heterocycles. The van der Waals surface area contributed by atoms with E-state index >= 15 is 0 Å². The lowest BCUT2D eigenvalue weighted by molar-refractivity contribution is -0.131. The smallest absolute Gasteiger partial charge is 0.254 e. The molecule has 1 saturated carbocycles. The van der Waals surface area contributed by atoms with Crippen molar-refractivity contribution >= 4 is 41.6 Å². The molecule has 1 fully saturated rings. The van der Waals surface area contributed by atoms with Crippen LogP contribution in [-0.4, -0.2) is 67.8 Å². The van der Waals surface area contributed by atoms with Gasteiger partial charge < -0.3 is 25.8 Å². The maximum atomic E-state index is 13.5. The number of hydrogen-bond donors (Lipinski definition) is 4. The molecular formula is C28H41N4O6PS. The SMILES string of the molecule is C#CCNC(=O)CCC(CCC(=O)NCC#C)(CCC(=O)NCC#C)NC(=O)C1CCC(OP(C)(=O)SC)CC1. The fourth-order valence-electron chi connectivity index (χ4n) is 4.44. The normalized spacial score (nSPS) is 18.1. The van der Waals surface area contributed by atoms with Crippen molar-refractivity contribution in [3.05, 3.63) is 0 Å². The summed E-state index contributed by atoms with van der Waals surface area (Å²) >= 11 is 1.20. The Bertz CT molecular complexity index is 969. The van der Waals surface area contributed by atoms with E-state index in [0.717, 1.165) is 0 Å². The molecule has 0 aromatic carbocycles. The molecule has 0 radical (unpaired) electrons. The highest BCUT2D eigenvalue weighted by molar-refractivity contribution is 8.56. The lowest BCUT2D eigenvalue weighted by atomic mass is 9.81. The Morgan fingerprint density at radius 2 is 1.23 bits per heavy atom. The van der Waals surface area contributed by atoms with Crippen molar-refractivity contribution in [2.45, 2.75) is 75.9 Å². The van der Waals surface area contributed by atoms with Gasteiger partial charge in [-0.15, -0.1) is 19.3 Å². The summed E-state index contributed by atoms with van der Waals surface area (Å²) in [5.41, 5.74) is -1.03. The quantitative estimate of drug-likeness (QED) is 0.150. The molecule has 40 heavy (non-hydrogen) atoms. The molecule has 4 amide bonds. The fraction of sp³-hybridized carbons (Fsp3) is 0.643. The molecule has 12 heteroatoms. The van der Waals surface area contributed by atoms with Gasteiger partial charge in [0.15, 0.2) is 0 Å². The molecular weight excluding hydrogens is 551 g/mol. The lowest BCUT2D eigenvalue weighted by Gasteiger charge is -2.37. The maximum Gasteiger partial charge on any atom is 0.254 e. The molecule has 0 bridgehead atoms. The van der Waals surface area contributed by atoms with Crippen molar-refractivity contribution in [1.29, 1.82) is 0 Å². The van der Waals surface area contributed by atoms with Gasteiger partial charge in [-0.3, -0.25) is 23.7 Å². The third-order valence-corrected chi connectivity index (χ3v) is 10.4. The van der Waals surface area contributed by atoms with Crippen molar-refractivity contribution < 1.29 is 28.3 Å². The molecule has 0 aliphatic heterocycles. The summed E-state index contributed by atoms with van der Waals surface area (Å²) < 4.78 is 18.1. The second-order valence-electron chi connectivity index (χ2n) is 9.75. The van der Waals surface area contributed by atoms with Gasteiger partial charge in [0.1, 0.15) is 0 Å². The van der Waals surface area contributed by atoms with Gasteiger partial charge in [0, 0.05) is 37.4 Å². The Morgan fingerprint density at radius 1 is 0.825 bits per heavy atom. The first-order valence-corrected chi connectivity index (χ1v) is 17.1. The molecule has 220 valence electrons. The van der Waals surface area contributed by atoms with Crippen LogP contribution in [-0.2, 0) is 28.3 Å². The minimum absolute atomic E-state index is 0.0287. The predicted octanol–water partition coefficient (Wildman–Crippen LogP) is 2.19. The van der Waals surface area contributed by atoms with Crippen LogP contribution in [0, 0.1) is 42.9 Å². The lowest BCUT2D eigenvalue weighted by Crippen LogP contribution is -2.52. The van der Waals surface area contributed by atoms with Gasteiger partial charge in [-0.05, 0) is 51.2 Å². The van der Waals surface area contributed by atoms with Crippen molar-refractivity contribution in [3.63, 3.8) is 0 Å². The van der Waals surface area contributed by atoms with Gasteiger partial charge in [-0.2, -0.15) is 0 Å². The maximum absolute atomic E-state index is 13.5. The number of carbonyl (C=O) groups excluding carboxylic acids is 4. The Morgan fingerprint density at radius 3 is 1.57 bits per heavy atom. The largest absolute Gasteiger partial charge is 0.350 e. The van der Waals surface area contributed by atoms with Crippen molar-refractivity contribution in [2.75, 3.05) is 32.6 Å². The number of rotatable bonds is 17. The van der Waals surface area contributed by atoms with Crippen molar-refractivity contribution in [1.82, 2.24) is 21.3 Å². The van der Waals surface area contributed by atoms with E-state index in [1.54, 1.807) is 12.9 Å². The molecule has 1 aliphatic rings. The summed E-state index contributed by atoms with van der Waals surface area (Å²) in [4.78, 5) is 50.7. The Balaban J connectivity index is 3.09. The van der Waals surface area contributed by atoms with Crippen molar-refractivity contribution in [3.8, 4) is 37.0 Å². The molecule has 10 nitrogen and oxygen atoms in total. The van der Waals surface area contributed by atoms with Gasteiger partial charge in [-0.1, -0.05) is 29.1 Å².